The topological polar surface area (TPSA) is 68.9 Å². The van der Waals surface area contributed by atoms with Crippen molar-refractivity contribution in [3.63, 3.8) is 0 Å². The molecule has 0 saturated heterocycles. The van der Waals surface area contributed by atoms with Gasteiger partial charge in [-0.1, -0.05) is 30.3 Å². The molecule has 1 amide bonds. The van der Waals surface area contributed by atoms with Gasteiger partial charge in [0.15, 0.2) is 5.69 Å². The molecule has 0 radical (unpaired) electrons. The van der Waals surface area contributed by atoms with E-state index in [1.165, 1.54) is 12.4 Å². The number of nitrogens with zero attached hydrogens (tertiary/aromatic N) is 2. The van der Waals surface area contributed by atoms with Gasteiger partial charge in [0.25, 0.3) is 5.91 Å². The summed E-state index contributed by atoms with van der Waals surface area (Å²) >= 11 is 0. The highest BCUT2D eigenvalue weighted by atomic mass is 16.1. The van der Waals surface area contributed by atoms with E-state index in [2.05, 4.69) is 9.97 Å². The van der Waals surface area contributed by atoms with Gasteiger partial charge >= 0.3 is 0 Å². The molecular formula is C11H9N3O. The lowest BCUT2D eigenvalue weighted by Gasteiger charge is -2.03. The number of amides is 1. The maximum Gasteiger partial charge on any atom is 0.269 e. The third-order valence-corrected chi connectivity index (χ3v) is 1.98. The number of benzene rings is 1. The normalized spacial score (nSPS) is 9.87. The van der Waals surface area contributed by atoms with Gasteiger partial charge in [-0.25, -0.2) is 4.98 Å². The Kier molecular flexibility index (Phi) is 2.41. The molecule has 1 aromatic carbocycles. The van der Waals surface area contributed by atoms with E-state index in [9.17, 15) is 4.79 Å². The molecule has 0 saturated carbocycles. The molecule has 1 heterocycles. The number of aromatic nitrogens is 2. The van der Waals surface area contributed by atoms with Crippen LogP contribution in [0.5, 0.6) is 0 Å². The lowest BCUT2D eigenvalue weighted by molar-refractivity contribution is 0.0996. The Morgan fingerprint density at radius 3 is 2.40 bits per heavy atom. The zero-order valence-corrected chi connectivity index (χ0v) is 7.92. The Labute approximate surface area is 86.8 Å². The van der Waals surface area contributed by atoms with Crippen molar-refractivity contribution in [3.8, 4) is 11.3 Å². The van der Waals surface area contributed by atoms with E-state index in [0.717, 1.165) is 5.56 Å². The van der Waals surface area contributed by atoms with Gasteiger partial charge < -0.3 is 5.73 Å². The van der Waals surface area contributed by atoms with Crippen LogP contribution in [-0.2, 0) is 0 Å². The van der Waals surface area contributed by atoms with E-state index in [1.54, 1.807) is 0 Å². The second kappa shape index (κ2) is 3.88. The average molecular weight is 199 g/mol. The molecule has 0 aliphatic carbocycles. The molecule has 2 N–H and O–H groups in total. The highest BCUT2D eigenvalue weighted by Crippen LogP contribution is 2.18. The number of hydrogen-bond donors (Lipinski definition) is 1. The van der Waals surface area contributed by atoms with Gasteiger partial charge in [-0.15, -0.1) is 0 Å². The monoisotopic (exact) mass is 199 g/mol. The number of carbonyl (C=O) groups is 1. The van der Waals surface area contributed by atoms with Crippen LogP contribution in [0, 0.1) is 0 Å². The molecule has 2 rings (SSSR count). The van der Waals surface area contributed by atoms with Gasteiger partial charge in [0.05, 0.1) is 0 Å². The molecule has 0 unspecified atom stereocenters. The molecule has 15 heavy (non-hydrogen) atoms. The van der Waals surface area contributed by atoms with Crippen molar-refractivity contribution in [3.05, 3.63) is 48.4 Å². The molecule has 0 fully saturated rings. The molecule has 4 heteroatoms. The predicted octanol–water partition coefficient (Wildman–Crippen LogP) is 1.24. The summed E-state index contributed by atoms with van der Waals surface area (Å²) < 4.78 is 0. The molecule has 2 aromatic rings. The molecular weight excluding hydrogens is 190 g/mol. The van der Waals surface area contributed by atoms with Crippen molar-refractivity contribution in [1.82, 2.24) is 9.97 Å². The van der Waals surface area contributed by atoms with Crippen LogP contribution in [0.2, 0.25) is 0 Å². The second-order valence-corrected chi connectivity index (χ2v) is 2.98. The van der Waals surface area contributed by atoms with Crippen LogP contribution in [0.4, 0.5) is 0 Å². The molecule has 0 aliphatic heterocycles. The van der Waals surface area contributed by atoms with Crippen molar-refractivity contribution in [2.45, 2.75) is 0 Å². The van der Waals surface area contributed by atoms with E-state index in [1.807, 2.05) is 30.3 Å². The molecule has 4 nitrogen and oxygen atoms in total. The van der Waals surface area contributed by atoms with E-state index in [-0.39, 0.29) is 5.69 Å². The maximum absolute atomic E-state index is 11.1. The van der Waals surface area contributed by atoms with Gasteiger partial charge in [0.2, 0.25) is 0 Å². The second-order valence-electron chi connectivity index (χ2n) is 2.98. The van der Waals surface area contributed by atoms with Crippen LogP contribution in [0.1, 0.15) is 10.5 Å². The smallest absolute Gasteiger partial charge is 0.269 e. The standard InChI is InChI=1S/C11H9N3O/c12-11(15)10-9(13-6-7-14-10)8-4-2-1-3-5-8/h1-7H,(H2,12,15). The van der Waals surface area contributed by atoms with Crippen molar-refractivity contribution in [2.24, 2.45) is 5.73 Å². The van der Waals surface area contributed by atoms with E-state index in [4.69, 9.17) is 5.73 Å². The molecule has 0 spiro atoms. The quantitative estimate of drug-likeness (QED) is 0.791. The van der Waals surface area contributed by atoms with E-state index >= 15 is 0 Å². The fraction of sp³-hybridized carbons (Fsp3) is 0. The third-order valence-electron chi connectivity index (χ3n) is 1.98. The van der Waals surface area contributed by atoms with Crippen LogP contribution >= 0.6 is 0 Å². The Bertz CT molecular complexity index is 482. The van der Waals surface area contributed by atoms with Crippen LogP contribution < -0.4 is 5.73 Å². The van der Waals surface area contributed by atoms with Crippen molar-refractivity contribution in [2.75, 3.05) is 0 Å². The molecule has 0 bridgehead atoms. The lowest BCUT2D eigenvalue weighted by Crippen LogP contribution is -2.15. The highest BCUT2D eigenvalue weighted by molar-refractivity contribution is 5.96. The summed E-state index contributed by atoms with van der Waals surface area (Å²) in [5, 5.41) is 0. The zero-order chi connectivity index (χ0) is 10.7. The summed E-state index contributed by atoms with van der Waals surface area (Å²) in [5.41, 5.74) is 6.76. The zero-order valence-electron chi connectivity index (χ0n) is 7.92. The number of primary amides is 1. The summed E-state index contributed by atoms with van der Waals surface area (Å²) in [4.78, 5) is 19.1. The van der Waals surface area contributed by atoms with Crippen LogP contribution in [0.25, 0.3) is 11.3 Å². The summed E-state index contributed by atoms with van der Waals surface area (Å²) in [7, 11) is 0. The summed E-state index contributed by atoms with van der Waals surface area (Å²) in [5.74, 6) is -0.568. The predicted molar refractivity (Wildman–Crippen MR) is 56.0 cm³/mol. The Morgan fingerprint density at radius 2 is 1.73 bits per heavy atom. The average Bonchev–Trinajstić information content (AvgIpc) is 2.30. The van der Waals surface area contributed by atoms with E-state index in [0.29, 0.717) is 5.69 Å². The minimum absolute atomic E-state index is 0.198. The number of hydrogen-bond acceptors (Lipinski definition) is 3. The lowest BCUT2D eigenvalue weighted by atomic mass is 10.1. The van der Waals surface area contributed by atoms with Crippen molar-refractivity contribution < 1.29 is 4.79 Å². The fourth-order valence-corrected chi connectivity index (χ4v) is 1.33. The van der Waals surface area contributed by atoms with Gasteiger partial charge in [0.1, 0.15) is 5.69 Å². The molecule has 0 atom stereocenters. The van der Waals surface area contributed by atoms with E-state index < -0.39 is 5.91 Å². The summed E-state index contributed by atoms with van der Waals surface area (Å²) in [6.45, 7) is 0. The Balaban J connectivity index is 2.58. The van der Waals surface area contributed by atoms with Gasteiger partial charge in [-0.2, -0.15) is 0 Å². The SMILES string of the molecule is NC(=O)c1nccnc1-c1ccccc1. The minimum Gasteiger partial charge on any atom is -0.364 e. The number of rotatable bonds is 2. The number of carbonyl (C=O) groups excluding carboxylic acids is 1. The van der Waals surface area contributed by atoms with Gasteiger partial charge in [-0.05, 0) is 0 Å². The Morgan fingerprint density at radius 1 is 1.07 bits per heavy atom. The first-order chi connectivity index (χ1) is 7.29. The molecule has 1 aromatic heterocycles. The first-order valence-corrected chi connectivity index (χ1v) is 4.45. The van der Waals surface area contributed by atoms with Crippen molar-refractivity contribution in [1.29, 1.82) is 0 Å². The maximum atomic E-state index is 11.1. The van der Waals surface area contributed by atoms with Gasteiger partial charge in [0, 0.05) is 18.0 Å². The molecule has 0 aliphatic rings. The van der Waals surface area contributed by atoms with Crippen LogP contribution in [0.3, 0.4) is 0 Å². The first kappa shape index (κ1) is 9.33. The van der Waals surface area contributed by atoms with Gasteiger partial charge in [-0.3, -0.25) is 9.78 Å². The highest BCUT2D eigenvalue weighted by Gasteiger charge is 2.11. The Hall–Kier alpha value is -2.23. The largest absolute Gasteiger partial charge is 0.364 e. The summed E-state index contributed by atoms with van der Waals surface area (Å²) in [6.07, 6.45) is 2.99. The minimum atomic E-state index is -0.568. The fourth-order valence-electron chi connectivity index (χ4n) is 1.33. The van der Waals surface area contributed by atoms with Crippen LogP contribution in [-0.4, -0.2) is 15.9 Å². The van der Waals surface area contributed by atoms with Crippen molar-refractivity contribution >= 4 is 5.91 Å². The third kappa shape index (κ3) is 1.83. The van der Waals surface area contributed by atoms with Crippen LogP contribution in [0.15, 0.2) is 42.7 Å². The molecule has 74 valence electrons. The first-order valence-electron chi connectivity index (χ1n) is 4.45. The number of nitrogens with two attached hydrogens (primary N) is 1. The summed E-state index contributed by atoms with van der Waals surface area (Å²) in [6, 6.07) is 9.35.